The van der Waals surface area contributed by atoms with E-state index in [0.717, 1.165) is 39.7 Å². The maximum Gasteiger partial charge on any atom is 0.245 e. The molecule has 3 aromatic rings. The van der Waals surface area contributed by atoms with Crippen molar-refractivity contribution in [3.63, 3.8) is 0 Å². The fourth-order valence-electron chi connectivity index (χ4n) is 5.99. The van der Waals surface area contributed by atoms with E-state index in [4.69, 9.17) is 9.72 Å². The largest absolute Gasteiger partial charge is 0.370 e. The van der Waals surface area contributed by atoms with Crippen molar-refractivity contribution in [3.8, 4) is 11.1 Å². The number of nitrogens with zero attached hydrogens (tertiary/aromatic N) is 4. The second kappa shape index (κ2) is 7.62. The van der Waals surface area contributed by atoms with Gasteiger partial charge < -0.3 is 14.5 Å². The molecule has 2 aromatic heterocycles. The fraction of sp³-hybridized carbons (Fsp3) is 0.444. The van der Waals surface area contributed by atoms with E-state index < -0.39 is 0 Å². The van der Waals surface area contributed by atoms with Crippen molar-refractivity contribution in [2.24, 2.45) is 5.41 Å². The average molecular weight is 476 g/mol. The number of ether oxygens (including phenoxy) is 1. The molecule has 3 aliphatic rings. The van der Waals surface area contributed by atoms with Crippen molar-refractivity contribution in [2.45, 2.75) is 45.8 Å². The number of aromatic nitrogens is 3. The number of benzene rings is 1. The lowest BCUT2D eigenvalue weighted by Crippen LogP contribution is -2.59. The zero-order chi connectivity index (χ0) is 24.5. The molecule has 35 heavy (non-hydrogen) atoms. The number of nitrogens with one attached hydrogen (secondary N) is 1. The van der Waals surface area contributed by atoms with Crippen molar-refractivity contribution in [1.29, 1.82) is 0 Å². The zero-order valence-electron chi connectivity index (χ0n) is 20.4. The number of halogens is 1. The first kappa shape index (κ1) is 22.2. The molecule has 1 spiro atoms. The van der Waals surface area contributed by atoms with E-state index in [1.54, 1.807) is 11.1 Å². The molecule has 1 amide bonds. The molecule has 1 N–H and O–H groups in total. The molecule has 2 fully saturated rings. The molecule has 0 atom stereocenters. The standard InChI is InChI=1S/C27H30FN5O2/c1-5-20(34)33-14-27(15-33)8-9-32(13-27)25-23(28)22(18-12-35-26(3,4)10-19(18)30-25)21-16(2)6-7-17-11-29-31-24(17)21/h5-7,11H,1,8-10,12-15H2,2-4H3,(H,29,31). The van der Waals surface area contributed by atoms with Gasteiger partial charge in [0.1, 0.15) is 0 Å². The Labute approximate surface area is 204 Å². The minimum Gasteiger partial charge on any atom is -0.370 e. The van der Waals surface area contributed by atoms with Crippen molar-refractivity contribution < 1.29 is 13.9 Å². The molecule has 6 rings (SSSR count). The third-order valence-corrected chi connectivity index (χ3v) is 7.86. The quantitative estimate of drug-likeness (QED) is 0.576. The first-order valence-electron chi connectivity index (χ1n) is 12.1. The lowest BCUT2D eigenvalue weighted by molar-refractivity contribution is -0.136. The third kappa shape index (κ3) is 3.45. The topological polar surface area (TPSA) is 74.4 Å². The van der Waals surface area contributed by atoms with Gasteiger partial charge in [0.25, 0.3) is 0 Å². The number of carbonyl (C=O) groups excluding carboxylic acids is 1. The van der Waals surface area contributed by atoms with E-state index in [1.165, 1.54) is 6.08 Å². The Balaban J connectivity index is 1.46. The van der Waals surface area contributed by atoms with E-state index in [2.05, 4.69) is 21.7 Å². The van der Waals surface area contributed by atoms with Gasteiger partial charge >= 0.3 is 0 Å². The summed E-state index contributed by atoms with van der Waals surface area (Å²) in [4.78, 5) is 20.8. The number of rotatable bonds is 3. The maximum absolute atomic E-state index is 16.6. The predicted octanol–water partition coefficient (Wildman–Crippen LogP) is 4.15. The molecular weight excluding hydrogens is 445 g/mol. The molecule has 2 saturated heterocycles. The van der Waals surface area contributed by atoms with Crippen LogP contribution >= 0.6 is 0 Å². The van der Waals surface area contributed by atoms with Crippen LogP contribution in [0.25, 0.3) is 22.0 Å². The van der Waals surface area contributed by atoms with E-state index in [9.17, 15) is 4.79 Å². The molecule has 0 saturated carbocycles. The molecule has 0 unspecified atom stereocenters. The number of aryl methyl sites for hydroxylation is 1. The van der Waals surface area contributed by atoms with Crippen LogP contribution < -0.4 is 4.90 Å². The van der Waals surface area contributed by atoms with Crippen molar-refractivity contribution in [1.82, 2.24) is 20.1 Å². The summed E-state index contributed by atoms with van der Waals surface area (Å²) in [6, 6.07) is 4.01. The highest BCUT2D eigenvalue weighted by atomic mass is 19.1. The lowest BCUT2D eigenvalue weighted by Gasteiger charge is -2.47. The van der Waals surface area contributed by atoms with Gasteiger partial charge in [-0.05, 0) is 38.8 Å². The van der Waals surface area contributed by atoms with Crippen LogP contribution in [-0.4, -0.2) is 57.8 Å². The molecule has 5 heterocycles. The number of likely N-dealkylation sites (tertiary alicyclic amines) is 1. The number of anilines is 1. The Hall–Kier alpha value is -3.26. The summed E-state index contributed by atoms with van der Waals surface area (Å²) >= 11 is 0. The molecule has 8 heteroatoms. The Bertz CT molecular complexity index is 1370. The van der Waals surface area contributed by atoms with Crippen LogP contribution in [0.3, 0.4) is 0 Å². The highest BCUT2D eigenvalue weighted by Crippen LogP contribution is 2.45. The average Bonchev–Trinajstić information content (AvgIpc) is 3.45. The molecule has 1 aromatic carbocycles. The van der Waals surface area contributed by atoms with Crippen molar-refractivity contribution >= 4 is 22.6 Å². The molecular formula is C27H30FN5O2. The van der Waals surface area contributed by atoms with Crippen LogP contribution in [0.2, 0.25) is 0 Å². The Morgan fingerprint density at radius 3 is 2.83 bits per heavy atom. The summed E-state index contributed by atoms with van der Waals surface area (Å²) in [6.45, 7) is 12.8. The van der Waals surface area contributed by atoms with Gasteiger partial charge in [-0.1, -0.05) is 18.7 Å². The molecule has 0 bridgehead atoms. The second-order valence-corrected chi connectivity index (χ2v) is 10.9. The number of aromatic amines is 1. The van der Waals surface area contributed by atoms with Crippen LogP contribution in [-0.2, 0) is 22.6 Å². The molecule has 0 aliphatic carbocycles. The number of hydrogen-bond donors (Lipinski definition) is 1. The minimum atomic E-state index is -0.368. The van der Waals surface area contributed by atoms with Gasteiger partial charge in [-0.15, -0.1) is 0 Å². The third-order valence-electron chi connectivity index (χ3n) is 7.86. The minimum absolute atomic E-state index is 0.00938. The Kier molecular flexibility index (Phi) is 4.84. The Morgan fingerprint density at radius 2 is 2.06 bits per heavy atom. The van der Waals surface area contributed by atoms with Crippen LogP contribution in [0.1, 0.15) is 37.1 Å². The van der Waals surface area contributed by atoms with Gasteiger partial charge in [0, 0.05) is 60.1 Å². The summed E-state index contributed by atoms with van der Waals surface area (Å²) in [7, 11) is 0. The number of hydrogen-bond acceptors (Lipinski definition) is 5. The van der Waals surface area contributed by atoms with Crippen LogP contribution in [0.4, 0.5) is 10.2 Å². The predicted molar refractivity (Wildman–Crippen MR) is 133 cm³/mol. The van der Waals surface area contributed by atoms with Crippen LogP contribution in [0.5, 0.6) is 0 Å². The summed E-state index contributed by atoms with van der Waals surface area (Å²) < 4.78 is 22.7. The molecule has 182 valence electrons. The fourth-order valence-corrected chi connectivity index (χ4v) is 5.99. The summed E-state index contributed by atoms with van der Waals surface area (Å²) in [5, 5.41) is 8.24. The monoisotopic (exact) mass is 475 g/mol. The van der Waals surface area contributed by atoms with Crippen LogP contribution in [0.15, 0.2) is 31.0 Å². The number of amides is 1. The molecule has 3 aliphatic heterocycles. The normalized spacial score (nSPS) is 20.2. The van der Waals surface area contributed by atoms with Gasteiger partial charge in [-0.3, -0.25) is 9.89 Å². The van der Waals surface area contributed by atoms with Gasteiger partial charge in [-0.25, -0.2) is 9.37 Å². The highest BCUT2D eigenvalue weighted by molar-refractivity contribution is 5.97. The van der Waals surface area contributed by atoms with Crippen molar-refractivity contribution in [3.05, 3.63) is 53.6 Å². The Morgan fingerprint density at radius 1 is 1.26 bits per heavy atom. The number of fused-ring (bicyclic) bond motifs is 2. The molecule has 7 nitrogen and oxygen atoms in total. The SMILES string of the molecule is C=CC(=O)N1CC2(CCN(c3nc4c(c(-c5c(C)ccc6cn[nH]c56)c3F)COC(C)(C)C4)C2)C1. The number of H-pyrrole nitrogens is 1. The summed E-state index contributed by atoms with van der Waals surface area (Å²) in [5.41, 5.74) is 4.51. The van der Waals surface area contributed by atoms with Crippen LogP contribution in [0, 0.1) is 18.2 Å². The number of carbonyl (C=O) groups is 1. The zero-order valence-corrected chi connectivity index (χ0v) is 20.4. The van der Waals surface area contributed by atoms with Gasteiger partial charge in [0.05, 0.1) is 29.6 Å². The summed E-state index contributed by atoms with van der Waals surface area (Å²) in [6.07, 6.45) is 4.65. The maximum atomic E-state index is 16.6. The smallest absolute Gasteiger partial charge is 0.245 e. The lowest BCUT2D eigenvalue weighted by atomic mass is 9.79. The second-order valence-electron chi connectivity index (χ2n) is 10.9. The first-order valence-corrected chi connectivity index (χ1v) is 12.1. The summed E-state index contributed by atoms with van der Waals surface area (Å²) in [5.74, 6) is 0.0465. The van der Waals surface area contributed by atoms with Gasteiger partial charge in [-0.2, -0.15) is 5.10 Å². The van der Waals surface area contributed by atoms with Crippen molar-refractivity contribution in [2.75, 3.05) is 31.1 Å². The van der Waals surface area contributed by atoms with Gasteiger partial charge in [0.15, 0.2) is 11.6 Å². The van der Waals surface area contributed by atoms with E-state index in [0.29, 0.717) is 50.6 Å². The van der Waals surface area contributed by atoms with Gasteiger partial charge in [0.2, 0.25) is 5.91 Å². The first-order chi connectivity index (χ1) is 16.7. The number of pyridine rings is 1. The van der Waals surface area contributed by atoms with E-state index in [-0.39, 0.29) is 22.7 Å². The highest BCUT2D eigenvalue weighted by Gasteiger charge is 2.49. The molecule has 0 radical (unpaired) electrons. The van der Waals surface area contributed by atoms with E-state index >= 15 is 4.39 Å². The van der Waals surface area contributed by atoms with E-state index in [1.807, 2.05) is 32.9 Å².